The van der Waals surface area contributed by atoms with Gasteiger partial charge < -0.3 is 15.3 Å². The molecule has 0 radical (unpaired) electrons. The van der Waals surface area contributed by atoms with Crippen molar-refractivity contribution in [2.24, 2.45) is 0 Å². The van der Waals surface area contributed by atoms with Crippen LogP contribution in [0, 0.1) is 0 Å². The lowest BCUT2D eigenvalue weighted by molar-refractivity contribution is 0.0671. The largest absolute Gasteiger partial charge is 0.506 e. The number of amides is 1. The van der Waals surface area contributed by atoms with Gasteiger partial charge in [-0.15, -0.1) is 0 Å². The summed E-state index contributed by atoms with van der Waals surface area (Å²) < 4.78 is 0. The van der Waals surface area contributed by atoms with E-state index in [1.165, 1.54) is 0 Å². The molecule has 0 aliphatic carbocycles. The Labute approximate surface area is 124 Å². The van der Waals surface area contributed by atoms with Crippen molar-refractivity contribution in [3.63, 3.8) is 0 Å². The Morgan fingerprint density at radius 1 is 1.14 bits per heavy atom. The molecule has 4 nitrogen and oxygen atoms in total. The molecule has 0 spiro atoms. The number of carbonyl (C=O) groups excluding carboxylic acids is 1. The molecule has 4 heteroatoms. The van der Waals surface area contributed by atoms with E-state index in [0.717, 1.165) is 10.8 Å². The molecule has 0 saturated carbocycles. The fourth-order valence-electron chi connectivity index (χ4n) is 3.09. The van der Waals surface area contributed by atoms with Gasteiger partial charge in [0, 0.05) is 30.6 Å². The summed E-state index contributed by atoms with van der Waals surface area (Å²) in [7, 11) is 0. The second-order valence-corrected chi connectivity index (χ2v) is 5.86. The first-order valence-corrected chi connectivity index (χ1v) is 7.32. The van der Waals surface area contributed by atoms with E-state index < -0.39 is 0 Å². The fraction of sp³-hybridized carbons (Fsp3) is 0.353. The van der Waals surface area contributed by atoms with E-state index in [1.54, 1.807) is 6.07 Å². The molecule has 2 atom stereocenters. The Kier molecular flexibility index (Phi) is 3.55. The summed E-state index contributed by atoms with van der Waals surface area (Å²) in [5, 5.41) is 15.5. The first-order chi connectivity index (χ1) is 10.1. The highest BCUT2D eigenvalue weighted by molar-refractivity contribution is 6.03. The normalized spacial score (nSPS) is 22.5. The highest BCUT2D eigenvalue weighted by atomic mass is 16.3. The van der Waals surface area contributed by atoms with E-state index in [9.17, 15) is 9.90 Å². The average Bonchev–Trinajstić information content (AvgIpc) is 2.46. The summed E-state index contributed by atoms with van der Waals surface area (Å²) in [5.74, 6) is -0.0182. The first kappa shape index (κ1) is 13.9. The number of nitrogens with zero attached hydrogens (tertiary/aromatic N) is 1. The van der Waals surface area contributed by atoms with Crippen LogP contribution in [0.2, 0.25) is 0 Å². The topological polar surface area (TPSA) is 52.6 Å². The van der Waals surface area contributed by atoms with Gasteiger partial charge in [-0.05, 0) is 25.3 Å². The molecule has 2 aromatic carbocycles. The molecule has 2 unspecified atom stereocenters. The third kappa shape index (κ3) is 2.59. The van der Waals surface area contributed by atoms with Crippen LogP contribution in [0.1, 0.15) is 24.2 Å². The van der Waals surface area contributed by atoms with E-state index >= 15 is 0 Å². The van der Waals surface area contributed by atoms with Gasteiger partial charge in [0.25, 0.3) is 5.91 Å². The SMILES string of the molecule is CC1CN(C(=O)c2ccc3ccccc3c2O)CC(C)N1. The van der Waals surface area contributed by atoms with Crippen molar-refractivity contribution in [2.45, 2.75) is 25.9 Å². The first-order valence-electron chi connectivity index (χ1n) is 7.32. The van der Waals surface area contributed by atoms with Crippen LogP contribution in [0.15, 0.2) is 36.4 Å². The van der Waals surface area contributed by atoms with Crippen molar-refractivity contribution in [2.75, 3.05) is 13.1 Å². The lowest BCUT2D eigenvalue weighted by Gasteiger charge is -2.36. The number of aromatic hydroxyl groups is 1. The number of fused-ring (bicyclic) bond motifs is 1. The van der Waals surface area contributed by atoms with Crippen LogP contribution >= 0.6 is 0 Å². The maximum Gasteiger partial charge on any atom is 0.257 e. The Morgan fingerprint density at radius 3 is 2.52 bits per heavy atom. The lowest BCUT2D eigenvalue weighted by atomic mass is 10.0. The van der Waals surface area contributed by atoms with Crippen LogP contribution in [0.25, 0.3) is 10.8 Å². The lowest BCUT2D eigenvalue weighted by Crippen LogP contribution is -2.55. The van der Waals surface area contributed by atoms with Gasteiger partial charge in [0.2, 0.25) is 0 Å². The van der Waals surface area contributed by atoms with Gasteiger partial charge >= 0.3 is 0 Å². The molecule has 1 aliphatic rings. The fourth-order valence-corrected chi connectivity index (χ4v) is 3.09. The summed E-state index contributed by atoms with van der Waals surface area (Å²) in [5.41, 5.74) is 0.384. The zero-order valence-electron chi connectivity index (χ0n) is 12.3. The maximum absolute atomic E-state index is 12.7. The molecule has 1 aliphatic heterocycles. The molecule has 0 bridgehead atoms. The smallest absolute Gasteiger partial charge is 0.257 e. The maximum atomic E-state index is 12.7. The molecule has 1 amide bonds. The second-order valence-electron chi connectivity index (χ2n) is 5.86. The third-order valence-corrected chi connectivity index (χ3v) is 3.98. The van der Waals surface area contributed by atoms with E-state index in [0.29, 0.717) is 18.7 Å². The Bertz CT molecular complexity index is 674. The molecular weight excluding hydrogens is 264 g/mol. The molecule has 2 aromatic rings. The zero-order valence-corrected chi connectivity index (χ0v) is 12.3. The number of carbonyl (C=O) groups is 1. The van der Waals surface area contributed by atoms with Gasteiger partial charge in [-0.25, -0.2) is 0 Å². The van der Waals surface area contributed by atoms with Crippen LogP contribution in [0.5, 0.6) is 5.75 Å². The highest BCUT2D eigenvalue weighted by Crippen LogP contribution is 2.29. The van der Waals surface area contributed by atoms with Crippen molar-refractivity contribution in [3.8, 4) is 5.75 Å². The zero-order chi connectivity index (χ0) is 15.0. The van der Waals surface area contributed by atoms with Crippen molar-refractivity contribution in [1.82, 2.24) is 10.2 Å². The number of rotatable bonds is 1. The number of phenols is 1. The van der Waals surface area contributed by atoms with Gasteiger partial charge in [0.1, 0.15) is 5.75 Å². The molecule has 2 N–H and O–H groups in total. The molecular formula is C17H20N2O2. The van der Waals surface area contributed by atoms with Crippen LogP contribution in [0.4, 0.5) is 0 Å². The molecule has 21 heavy (non-hydrogen) atoms. The van der Waals surface area contributed by atoms with E-state index in [2.05, 4.69) is 19.2 Å². The minimum absolute atomic E-state index is 0.0805. The van der Waals surface area contributed by atoms with Gasteiger partial charge in [0.15, 0.2) is 0 Å². The van der Waals surface area contributed by atoms with Crippen molar-refractivity contribution < 1.29 is 9.90 Å². The summed E-state index contributed by atoms with van der Waals surface area (Å²) in [4.78, 5) is 14.5. The Morgan fingerprint density at radius 2 is 1.81 bits per heavy atom. The second kappa shape index (κ2) is 5.37. The van der Waals surface area contributed by atoms with Gasteiger partial charge in [-0.3, -0.25) is 4.79 Å². The molecule has 1 saturated heterocycles. The number of nitrogens with one attached hydrogen (secondary N) is 1. The summed E-state index contributed by atoms with van der Waals surface area (Å²) in [6.45, 7) is 5.46. The predicted octanol–water partition coefficient (Wildman–Crippen LogP) is 2.37. The van der Waals surface area contributed by atoms with Crippen LogP contribution in [0.3, 0.4) is 0 Å². The van der Waals surface area contributed by atoms with E-state index in [-0.39, 0.29) is 23.7 Å². The van der Waals surface area contributed by atoms with Crippen molar-refractivity contribution >= 4 is 16.7 Å². The van der Waals surface area contributed by atoms with Gasteiger partial charge in [0.05, 0.1) is 5.56 Å². The summed E-state index contributed by atoms with van der Waals surface area (Å²) >= 11 is 0. The Balaban J connectivity index is 1.96. The van der Waals surface area contributed by atoms with Crippen LogP contribution in [-0.2, 0) is 0 Å². The highest BCUT2D eigenvalue weighted by Gasteiger charge is 2.27. The standard InChI is InChI=1S/C17H20N2O2/c1-11-9-19(10-12(2)18-11)17(21)15-8-7-13-5-3-4-6-14(13)16(15)20/h3-8,11-12,18,20H,9-10H2,1-2H3. The van der Waals surface area contributed by atoms with Crippen LogP contribution < -0.4 is 5.32 Å². The molecule has 1 heterocycles. The van der Waals surface area contributed by atoms with E-state index in [4.69, 9.17) is 0 Å². The van der Waals surface area contributed by atoms with Crippen LogP contribution in [-0.4, -0.2) is 41.1 Å². The molecule has 1 fully saturated rings. The summed E-state index contributed by atoms with van der Waals surface area (Å²) in [6.07, 6.45) is 0. The Hall–Kier alpha value is -2.07. The number of hydrogen-bond donors (Lipinski definition) is 2. The number of hydrogen-bond acceptors (Lipinski definition) is 3. The van der Waals surface area contributed by atoms with E-state index in [1.807, 2.05) is 35.2 Å². The molecule has 110 valence electrons. The minimum Gasteiger partial charge on any atom is -0.506 e. The third-order valence-electron chi connectivity index (χ3n) is 3.98. The van der Waals surface area contributed by atoms with Gasteiger partial charge in [-0.2, -0.15) is 0 Å². The van der Waals surface area contributed by atoms with Crippen molar-refractivity contribution in [3.05, 3.63) is 42.0 Å². The van der Waals surface area contributed by atoms with Gasteiger partial charge in [-0.1, -0.05) is 30.3 Å². The monoisotopic (exact) mass is 284 g/mol. The quantitative estimate of drug-likeness (QED) is 0.845. The van der Waals surface area contributed by atoms with Crippen molar-refractivity contribution in [1.29, 1.82) is 0 Å². The number of piperazine rings is 1. The average molecular weight is 284 g/mol. The molecule has 0 aromatic heterocycles. The predicted molar refractivity (Wildman–Crippen MR) is 83.6 cm³/mol. The number of phenolic OH excluding ortho intramolecular Hbond substituents is 1. The molecule has 3 rings (SSSR count). The summed E-state index contributed by atoms with van der Waals surface area (Å²) in [6, 6.07) is 11.7. The number of benzene rings is 2. The minimum atomic E-state index is -0.0987.